The van der Waals surface area contributed by atoms with Gasteiger partial charge in [-0.25, -0.2) is 4.98 Å². The minimum atomic E-state index is 0. The second kappa shape index (κ2) is 8.88. The number of halogens is 1. The first-order chi connectivity index (χ1) is 10.3. The fourth-order valence-electron chi connectivity index (χ4n) is 2.79. The first-order valence-corrected chi connectivity index (χ1v) is 8.52. The molecule has 22 heavy (non-hydrogen) atoms. The number of aromatic nitrogens is 1. The van der Waals surface area contributed by atoms with Gasteiger partial charge in [0.25, 0.3) is 0 Å². The van der Waals surface area contributed by atoms with E-state index in [1.54, 1.807) is 11.3 Å². The van der Waals surface area contributed by atoms with Crippen LogP contribution in [0.1, 0.15) is 19.3 Å². The minimum absolute atomic E-state index is 0. The molecule has 6 nitrogen and oxygen atoms in total. The number of rotatable bonds is 4. The lowest BCUT2D eigenvalue weighted by Gasteiger charge is -2.35. The Kier molecular flexibility index (Phi) is 7.16. The summed E-state index contributed by atoms with van der Waals surface area (Å²) in [5.74, 6) is 0.673. The highest BCUT2D eigenvalue weighted by molar-refractivity contribution is 14.0. The number of nitrogens with two attached hydrogens (primary N) is 1. The van der Waals surface area contributed by atoms with Crippen molar-refractivity contribution in [1.29, 1.82) is 0 Å². The van der Waals surface area contributed by atoms with Crippen LogP contribution in [-0.2, 0) is 4.74 Å². The molecule has 2 fully saturated rings. The van der Waals surface area contributed by atoms with Gasteiger partial charge in [-0.1, -0.05) is 0 Å². The number of hydrogen-bond acceptors (Lipinski definition) is 5. The maximum Gasteiger partial charge on any atom is 0.191 e. The lowest BCUT2D eigenvalue weighted by molar-refractivity contribution is 0.106. The van der Waals surface area contributed by atoms with E-state index in [2.05, 4.69) is 19.8 Å². The van der Waals surface area contributed by atoms with Crippen molar-refractivity contribution in [3.63, 3.8) is 0 Å². The van der Waals surface area contributed by atoms with Gasteiger partial charge in [0.15, 0.2) is 11.1 Å². The van der Waals surface area contributed by atoms with E-state index in [1.807, 2.05) is 11.6 Å². The number of piperazine rings is 1. The average molecular weight is 437 g/mol. The number of anilines is 1. The zero-order valence-corrected chi connectivity index (χ0v) is 15.8. The Hall–Kier alpha value is -0.610. The van der Waals surface area contributed by atoms with E-state index in [4.69, 9.17) is 10.5 Å². The maximum absolute atomic E-state index is 6.10. The van der Waals surface area contributed by atoms with Gasteiger partial charge in [-0.2, -0.15) is 0 Å². The molecule has 0 aromatic carbocycles. The Bertz CT molecular complexity index is 456. The third-order valence-corrected chi connectivity index (χ3v) is 4.87. The summed E-state index contributed by atoms with van der Waals surface area (Å²) >= 11 is 1.69. The lowest BCUT2D eigenvalue weighted by atomic mass is 10.2. The van der Waals surface area contributed by atoms with Gasteiger partial charge in [-0.3, -0.25) is 4.99 Å². The van der Waals surface area contributed by atoms with E-state index < -0.39 is 0 Å². The molecule has 0 saturated carbocycles. The largest absolute Gasteiger partial charge is 0.378 e. The highest BCUT2D eigenvalue weighted by atomic mass is 127. The molecule has 0 spiro atoms. The zero-order valence-electron chi connectivity index (χ0n) is 12.7. The summed E-state index contributed by atoms with van der Waals surface area (Å²) in [6.45, 7) is 5.40. The van der Waals surface area contributed by atoms with Crippen LogP contribution in [0.15, 0.2) is 16.6 Å². The summed E-state index contributed by atoms with van der Waals surface area (Å²) in [6.07, 6.45) is 5.58. The standard InChI is InChI=1S/C14H23N5OS.HI/c15-13(16-4-3-12-2-1-10-20-12)18-6-8-19(9-7-18)14-17-5-11-21-14;/h5,11-12H,1-4,6-10H2,(H2,15,16);1H. The average Bonchev–Trinajstić information content (AvgIpc) is 3.21. The van der Waals surface area contributed by atoms with Gasteiger partial charge in [0.2, 0.25) is 0 Å². The van der Waals surface area contributed by atoms with Crippen LogP contribution in [0.3, 0.4) is 0 Å². The molecule has 1 unspecified atom stereocenters. The Morgan fingerprint density at radius 1 is 1.41 bits per heavy atom. The van der Waals surface area contributed by atoms with Crippen molar-refractivity contribution >= 4 is 46.4 Å². The van der Waals surface area contributed by atoms with Gasteiger partial charge in [-0.05, 0) is 19.3 Å². The van der Waals surface area contributed by atoms with Crippen LogP contribution in [0.2, 0.25) is 0 Å². The number of hydrogen-bond donors (Lipinski definition) is 1. The number of guanidine groups is 1. The van der Waals surface area contributed by atoms with Crippen LogP contribution in [0.5, 0.6) is 0 Å². The Morgan fingerprint density at radius 3 is 2.86 bits per heavy atom. The van der Waals surface area contributed by atoms with E-state index in [-0.39, 0.29) is 24.0 Å². The van der Waals surface area contributed by atoms with Crippen LogP contribution in [0.4, 0.5) is 5.13 Å². The van der Waals surface area contributed by atoms with Gasteiger partial charge in [0, 0.05) is 50.9 Å². The molecule has 3 rings (SSSR count). The van der Waals surface area contributed by atoms with Crippen molar-refractivity contribution in [2.75, 3.05) is 44.2 Å². The summed E-state index contributed by atoms with van der Waals surface area (Å²) in [5.41, 5.74) is 6.10. The summed E-state index contributed by atoms with van der Waals surface area (Å²) in [5, 5.41) is 3.12. The quantitative estimate of drug-likeness (QED) is 0.442. The minimum Gasteiger partial charge on any atom is -0.378 e. The molecule has 0 aliphatic carbocycles. The van der Waals surface area contributed by atoms with Gasteiger partial charge >= 0.3 is 0 Å². The molecule has 3 heterocycles. The van der Waals surface area contributed by atoms with Crippen molar-refractivity contribution in [3.8, 4) is 0 Å². The van der Waals surface area contributed by atoms with Gasteiger partial charge in [0.1, 0.15) is 0 Å². The number of nitrogens with zero attached hydrogens (tertiary/aromatic N) is 4. The van der Waals surface area contributed by atoms with Gasteiger partial charge < -0.3 is 20.3 Å². The SMILES string of the molecule is I.NC(=NCCC1CCCO1)N1CCN(c2nccs2)CC1. The van der Waals surface area contributed by atoms with Crippen molar-refractivity contribution in [3.05, 3.63) is 11.6 Å². The van der Waals surface area contributed by atoms with Crippen molar-refractivity contribution < 1.29 is 4.74 Å². The maximum atomic E-state index is 6.10. The molecule has 1 aromatic heterocycles. The molecule has 8 heteroatoms. The fourth-order valence-corrected chi connectivity index (χ4v) is 3.49. The van der Waals surface area contributed by atoms with E-state index in [0.717, 1.165) is 50.9 Å². The van der Waals surface area contributed by atoms with Crippen LogP contribution in [0.25, 0.3) is 0 Å². The van der Waals surface area contributed by atoms with Crippen molar-refractivity contribution in [1.82, 2.24) is 9.88 Å². The molecular formula is C14H24IN5OS. The Labute approximate surface area is 152 Å². The van der Waals surface area contributed by atoms with E-state index in [9.17, 15) is 0 Å². The van der Waals surface area contributed by atoms with Gasteiger partial charge in [-0.15, -0.1) is 35.3 Å². The fraction of sp³-hybridized carbons (Fsp3) is 0.714. The Balaban J connectivity index is 0.00000176. The zero-order chi connectivity index (χ0) is 14.5. The molecule has 2 saturated heterocycles. The molecule has 0 radical (unpaired) electrons. The number of ether oxygens (including phenoxy) is 1. The van der Waals surface area contributed by atoms with Crippen LogP contribution in [0, 0.1) is 0 Å². The van der Waals surface area contributed by atoms with Crippen LogP contribution in [-0.4, -0.2) is 61.3 Å². The molecular weight excluding hydrogens is 413 g/mol. The van der Waals surface area contributed by atoms with E-state index in [0.29, 0.717) is 12.1 Å². The molecule has 2 aliphatic heterocycles. The predicted octanol–water partition coefficient (Wildman–Crippen LogP) is 1.77. The molecule has 2 N–H and O–H groups in total. The molecule has 0 bridgehead atoms. The highest BCUT2D eigenvalue weighted by Gasteiger charge is 2.20. The van der Waals surface area contributed by atoms with Crippen LogP contribution >= 0.6 is 35.3 Å². The smallest absolute Gasteiger partial charge is 0.191 e. The first kappa shape index (κ1) is 17.7. The molecule has 0 amide bonds. The third kappa shape index (κ3) is 4.69. The number of aliphatic imine (C=N–C) groups is 1. The monoisotopic (exact) mass is 437 g/mol. The summed E-state index contributed by atoms with van der Waals surface area (Å²) in [4.78, 5) is 13.3. The third-order valence-electron chi connectivity index (χ3n) is 4.04. The second-order valence-corrected chi connectivity index (χ2v) is 6.33. The van der Waals surface area contributed by atoms with Crippen LogP contribution < -0.4 is 10.6 Å². The lowest BCUT2D eigenvalue weighted by Crippen LogP contribution is -2.51. The van der Waals surface area contributed by atoms with Crippen molar-refractivity contribution in [2.24, 2.45) is 10.7 Å². The summed E-state index contributed by atoms with van der Waals surface area (Å²) in [6, 6.07) is 0. The molecule has 1 atom stereocenters. The number of thiazole rings is 1. The first-order valence-electron chi connectivity index (χ1n) is 7.64. The van der Waals surface area contributed by atoms with E-state index >= 15 is 0 Å². The Morgan fingerprint density at radius 2 is 2.23 bits per heavy atom. The summed E-state index contributed by atoms with van der Waals surface area (Å²) in [7, 11) is 0. The topological polar surface area (TPSA) is 67.0 Å². The van der Waals surface area contributed by atoms with E-state index in [1.165, 1.54) is 12.8 Å². The highest BCUT2D eigenvalue weighted by Crippen LogP contribution is 2.19. The predicted molar refractivity (Wildman–Crippen MR) is 101 cm³/mol. The normalized spacial score (nSPS) is 22.7. The second-order valence-electron chi connectivity index (χ2n) is 5.45. The molecule has 2 aliphatic rings. The summed E-state index contributed by atoms with van der Waals surface area (Å²) < 4.78 is 5.60. The molecule has 1 aromatic rings. The van der Waals surface area contributed by atoms with Crippen molar-refractivity contribution in [2.45, 2.75) is 25.4 Å². The molecule has 124 valence electrons. The van der Waals surface area contributed by atoms with Gasteiger partial charge in [0.05, 0.1) is 6.10 Å².